The minimum Gasteiger partial charge on any atom is -0.440 e. The van der Waals surface area contributed by atoms with Gasteiger partial charge in [-0.1, -0.05) is 30.3 Å². The number of aliphatic hydroxyl groups excluding tert-OH is 1. The number of carbonyl (C=O) groups is 1. The van der Waals surface area contributed by atoms with Crippen LogP contribution in [0.5, 0.6) is 0 Å². The third-order valence-corrected chi connectivity index (χ3v) is 3.65. The Balaban J connectivity index is 1.88. The fourth-order valence-electron chi connectivity index (χ4n) is 2.45. The van der Waals surface area contributed by atoms with Crippen molar-refractivity contribution >= 4 is 5.91 Å². The minimum atomic E-state index is -0.0208. The van der Waals surface area contributed by atoms with Crippen molar-refractivity contribution in [3.63, 3.8) is 0 Å². The third kappa shape index (κ3) is 5.21. The molecule has 1 heterocycles. The van der Waals surface area contributed by atoms with E-state index in [2.05, 4.69) is 10.3 Å². The molecule has 1 aromatic carbocycles. The molecule has 0 aliphatic rings. The van der Waals surface area contributed by atoms with Crippen LogP contribution in [-0.2, 0) is 11.2 Å². The van der Waals surface area contributed by atoms with Crippen molar-refractivity contribution < 1.29 is 14.3 Å². The number of rotatable bonds is 8. The Kier molecular flexibility index (Phi) is 6.35. The SMILES string of the molecule is Cc1nc(CCC(=O)NC(C)CCCO)oc1-c1ccccc1. The van der Waals surface area contributed by atoms with Crippen LogP contribution in [0, 0.1) is 6.92 Å². The smallest absolute Gasteiger partial charge is 0.220 e. The molecule has 5 heteroatoms. The van der Waals surface area contributed by atoms with Crippen LogP contribution in [0.3, 0.4) is 0 Å². The van der Waals surface area contributed by atoms with E-state index >= 15 is 0 Å². The topological polar surface area (TPSA) is 75.4 Å². The van der Waals surface area contributed by atoms with Gasteiger partial charge in [0.05, 0.1) is 5.69 Å². The summed E-state index contributed by atoms with van der Waals surface area (Å²) in [4.78, 5) is 16.3. The van der Waals surface area contributed by atoms with Crippen LogP contribution in [0.25, 0.3) is 11.3 Å². The summed E-state index contributed by atoms with van der Waals surface area (Å²) in [5.74, 6) is 1.32. The number of aliphatic hydroxyl groups is 1. The molecular formula is C18H24N2O3. The Bertz CT molecular complexity index is 622. The van der Waals surface area contributed by atoms with E-state index in [9.17, 15) is 4.79 Å². The molecule has 0 saturated heterocycles. The molecule has 124 valence electrons. The van der Waals surface area contributed by atoms with Crippen molar-refractivity contribution in [2.45, 2.75) is 45.6 Å². The third-order valence-electron chi connectivity index (χ3n) is 3.65. The summed E-state index contributed by atoms with van der Waals surface area (Å²) in [6, 6.07) is 9.90. The van der Waals surface area contributed by atoms with Crippen LogP contribution < -0.4 is 5.32 Å². The first-order valence-electron chi connectivity index (χ1n) is 8.02. The van der Waals surface area contributed by atoms with Gasteiger partial charge in [-0.2, -0.15) is 0 Å². The highest BCUT2D eigenvalue weighted by Gasteiger charge is 2.13. The fourth-order valence-corrected chi connectivity index (χ4v) is 2.45. The molecule has 0 radical (unpaired) electrons. The highest BCUT2D eigenvalue weighted by molar-refractivity contribution is 5.76. The first kappa shape index (κ1) is 17.2. The number of benzene rings is 1. The first-order valence-corrected chi connectivity index (χ1v) is 8.02. The van der Waals surface area contributed by atoms with Gasteiger partial charge in [0.25, 0.3) is 0 Å². The molecule has 23 heavy (non-hydrogen) atoms. The molecule has 2 aromatic rings. The predicted molar refractivity (Wildman–Crippen MR) is 88.9 cm³/mol. The lowest BCUT2D eigenvalue weighted by molar-refractivity contribution is -0.121. The second-order valence-corrected chi connectivity index (χ2v) is 5.72. The molecule has 5 nitrogen and oxygen atoms in total. The van der Waals surface area contributed by atoms with E-state index in [0.717, 1.165) is 23.4 Å². The van der Waals surface area contributed by atoms with Gasteiger partial charge in [0, 0.05) is 31.1 Å². The Morgan fingerprint density at radius 3 is 2.78 bits per heavy atom. The maximum Gasteiger partial charge on any atom is 0.220 e. The Labute approximate surface area is 136 Å². The van der Waals surface area contributed by atoms with Gasteiger partial charge in [-0.25, -0.2) is 4.98 Å². The Hall–Kier alpha value is -2.14. The molecule has 0 fully saturated rings. The Morgan fingerprint density at radius 1 is 1.35 bits per heavy atom. The summed E-state index contributed by atoms with van der Waals surface area (Å²) in [6.07, 6.45) is 2.29. The maximum atomic E-state index is 11.9. The minimum absolute atomic E-state index is 0.0208. The zero-order valence-electron chi connectivity index (χ0n) is 13.7. The second-order valence-electron chi connectivity index (χ2n) is 5.72. The summed E-state index contributed by atoms with van der Waals surface area (Å²) < 4.78 is 5.80. The fraction of sp³-hybridized carbons (Fsp3) is 0.444. The number of hydrogen-bond donors (Lipinski definition) is 2. The van der Waals surface area contributed by atoms with E-state index in [-0.39, 0.29) is 18.6 Å². The molecule has 2 rings (SSSR count). The summed E-state index contributed by atoms with van der Waals surface area (Å²) in [6.45, 7) is 4.00. The van der Waals surface area contributed by atoms with E-state index in [1.807, 2.05) is 44.2 Å². The normalized spacial score (nSPS) is 12.1. The van der Waals surface area contributed by atoms with Crippen LogP contribution in [0.1, 0.15) is 37.8 Å². The molecule has 0 saturated carbocycles. The summed E-state index contributed by atoms with van der Waals surface area (Å²) in [5.41, 5.74) is 1.83. The largest absolute Gasteiger partial charge is 0.440 e. The quantitative estimate of drug-likeness (QED) is 0.785. The molecule has 2 N–H and O–H groups in total. The van der Waals surface area contributed by atoms with E-state index < -0.39 is 0 Å². The molecule has 0 aliphatic carbocycles. The number of nitrogens with one attached hydrogen (secondary N) is 1. The lowest BCUT2D eigenvalue weighted by Gasteiger charge is -2.12. The van der Waals surface area contributed by atoms with Gasteiger partial charge in [-0.3, -0.25) is 4.79 Å². The standard InChI is InChI=1S/C18H24N2O3/c1-13(7-6-12-21)19-16(22)10-11-17-20-14(2)18(23-17)15-8-4-3-5-9-15/h3-5,8-9,13,21H,6-7,10-12H2,1-2H3,(H,19,22). The Morgan fingerprint density at radius 2 is 2.09 bits per heavy atom. The van der Waals surface area contributed by atoms with Gasteiger partial charge < -0.3 is 14.8 Å². The number of aryl methyl sites for hydroxylation is 2. The monoisotopic (exact) mass is 316 g/mol. The van der Waals surface area contributed by atoms with Crippen molar-refractivity contribution in [3.8, 4) is 11.3 Å². The van der Waals surface area contributed by atoms with Gasteiger partial charge in [-0.05, 0) is 26.7 Å². The van der Waals surface area contributed by atoms with E-state index in [0.29, 0.717) is 25.2 Å². The highest BCUT2D eigenvalue weighted by Crippen LogP contribution is 2.24. The molecule has 1 unspecified atom stereocenters. The number of carbonyl (C=O) groups excluding carboxylic acids is 1. The molecule has 0 spiro atoms. The van der Waals surface area contributed by atoms with Crippen LogP contribution in [0.2, 0.25) is 0 Å². The highest BCUT2D eigenvalue weighted by atomic mass is 16.4. The molecule has 0 bridgehead atoms. The average Bonchev–Trinajstić information content (AvgIpc) is 2.93. The predicted octanol–water partition coefficient (Wildman–Crippen LogP) is 2.86. The summed E-state index contributed by atoms with van der Waals surface area (Å²) >= 11 is 0. The second kappa shape index (κ2) is 8.48. The molecule has 1 aromatic heterocycles. The van der Waals surface area contributed by atoms with Gasteiger partial charge in [0.1, 0.15) is 0 Å². The molecular weight excluding hydrogens is 292 g/mol. The average molecular weight is 316 g/mol. The van der Waals surface area contributed by atoms with Crippen molar-refractivity contribution in [3.05, 3.63) is 41.9 Å². The number of hydrogen-bond acceptors (Lipinski definition) is 4. The molecule has 1 amide bonds. The van der Waals surface area contributed by atoms with Crippen LogP contribution >= 0.6 is 0 Å². The zero-order chi connectivity index (χ0) is 16.7. The van der Waals surface area contributed by atoms with Gasteiger partial charge >= 0.3 is 0 Å². The summed E-state index contributed by atoms with van der Waals surface area (Å²) in [7, 11) is 0. The lowest BCUT2D eigenvalue weighted by Crippen LogP contribution is -2.32. The zero-order valence-corrected chi connectivity index (χ0v) is 13.7. The van der Waals surface area contributed by atoms with Gasteiger partial charge in [-0.15, -0.1) is 0 Å². The number of oxazole rings is 1. The van der Waals surface area contributed by atoms with Crippen molar-refractivity contribution in [2.24, 2.45) is 0 Å². The number of aromatic nitrogens is 1. The molecule has 0 aliphatic heterocycles. The van der Waals surface area contributed by atoms with E-state index in [4.69, 9.17) is 9.52 Å². The van der Waals surface area contributed by atoms with Crippen LogP contribution in [-0.4, -0.2) is 28.6 Å². The molecule has 1 atom stereocenters. The summed E-state index contributed by atoms with van der Waals surface area (Å²) in [5, 5.41) is 11.7. The van der Waals surface area contributed by atoms with E-state index in [1.165, 1.54) is 0 Å². The van der Waals surface area contributed by atoms with Crippen molar-refractivity contribution in [2.75, 3.05) is 6.61 Å². The van der Waals surface area contributed by atoms with Crippen molar-refractivity contribution in [1.29, 1.82) is 0 Å². The van der Waals surface area contributed by atoms with Crippen LogP contribution in [0.4, 0.5) is 0 Å². The van der Waals surface area contributed by atoms with Crippen molar-refractivity contribution in [1.82, 2.24) is 10.3 Å². The number of nitrogens with zero attached hydrogens (tertiary/aromatic N) is 1. The maximum absolute atomic E-state index is 11.9. The van der Waals surface area contributed by atoms with E-state index in [1.54, 1.807) is 0 Å². The van der Waals surface area contributed by atoms with Gasteiger partial charge in [0.15, 0.2) is 11.7 Å². The van der Waals surface area contributed by atoms with Crippen LogP contribution in [0.15, 0.2) is 34.7 Å². The van der Waals surface area contributed by atoms with Gasteiger partial charge in [0.2, 0.25) is 5.91 Å². The lowest BCUT2D eigenvalue weighted by atomic mass is 10.1. The first-order chi connectivity index (χ1) is 11.1. The number of amides is 1.